The maximum absolute atomic E-state index is 12.5. The third-order valence-corrected chi connectivity index (χ3v) is 5.11. The summed E-state index contributed by atoms with van der Waals surface area (Å²) in [7, 11) is 0. The highest BCUT2D eigenvalue weighted by molar-refractivity contribution is 7.12. The topological polar surface area (TPSA) is 56.2 Å². The van der Waals surface area contributed by atoms with Gasteiger partial charge in [-0.2, -0.15) is 5.10 Å². The van der Waals surface area contributed by atoms with Gasteiger partial charge in [0.05, 0.1) is 4.88 Å². The Morgan fingerprint density at radius 1 is 1.15 bits per heavy atom. The predicted octanol–water partition coefficient (Wildman–Crippen LogP) is 5.11. The third kappa shape index (κ3) is 4.98. The number of anilines is 1. The number of nitrogens with zero attached hydrogens (tertiary/aromatic N) is 2. The van der Waals surface area contributed by atoms with Gasteiger partial charge in [-0.15, -0.1) is 11.3 Å². The van der Waals surface area contributed by atoms with Crippen LogP contribution in [0.25, 0.3) is 0 Å². The summed E-state index contributed by atoms with van der Waals surface area (Å²) < 4.78 is 7.78. The smallest absolute Gasteiger partial charge is 0.266 e. The van der Waals surface area contributed by atoms with E-state index in [1.807, 2.05) is 41.3 Å². The molecule has 0 aliphatic heterocycles. The average molecular weight is 384 g/mol. The molecule has 0 radical (unpaired) electrons. The van der Waals surface area contributed by atoms with Crippen LogP contribution in [0.4, 0.5) is 5.82 Å². The number of thiophene rings is 1. The van der Waals surface area contributed by atoms with Crippen molar-refractivity contribution >= 4 is 23.1 Å². The van der Waals surface area contributed by atoms with E-state index in [1.54, 1.807) is 0 Å². The van der Waals surface area contributed by atoms with E-state index in [1.165, 1.54) is 22.5 Å². The molecule has 0 fully saturated rings. The fraction of sp³-hybridized carbons (Fsp3) is 0.333. The summed E-state index contributed by atoms with van der Waals surface area (Å²) in [6.07, 6.45) is 1.00. The molecule has 0 spiro atoms. The van der Waals surface area contributed by atoms with E-state index in [9.17, 15) is 4.79 Å². The number of ether oxygens (including phenoxy) is 1. The van der Waals surface area contributed by atoms with Crippen molar-refractivity contribution in [1.29, 1.82) is 0 Å². The van der Waals surface area contributed by atoms with E-state index in [0.717, 1.165) is 30.0 Å². The first-order chi connectivity index (χ1) is 12.9. The zero-order chi connectivity index (χ0) is 19.4. The Morgan fingerprint density at radius 2 is 1.89 bits per heavy atom. The van der Waals surface area contributed by atoms with Crippen molar-refractivity contribution in [3.05, 3.63) is 63.0 Å². The minimum absolute atomic E-state index is 0.140. The molecule has 5 nitrogen and oxygen atoms in total. The van der Waals surface area contributed by atoms with E-state index in [2.05, 4.69) is 37.3 Å². The summed E-state index contributed by atoms with van der Waals surface area (Å²) in [5.74, 6) is 1.30. The van der Waals surface area contributed by atoms with Crippen molar-refractivity contribution in [1.82, 2.24) is 9.78 Å². The van der Waals surface area contributed by atoms with E-state index in [-0.39, 0.29) is 5.91 Å². The van der Waals surface area contributed by atoms with E-state index in [4.69, 9.17) is 4.74 Å². The van der Waals surface area contributed by atoms with Crippen LogP contribution in [-0.2, 0) is 13.2 Å². The molecule has 0 saturated carbocycles. The zero-order valence-electron chi connectivity index (χ0n) is 16.2. The van der Waals surface area contributed by atoms with Gasteiger partial charge < -0.3 is 10.1 Å². The number of aromatic nitrogens is 2. The van der Waals surface area contributed by atoms with Gasteiger partial charge in [0.25, 0.3) is 5.91 Å². The van der Waals surface area contributed by atoms with Crippen LogP contribution in [0, 0.1) is 20.8 Å². The molecule has 0 bridgehead atoms. The minimum Gasteiger partial charge on any atom is -0.489 e. The second-order valence-electron chi connectivity index (χ2n) is 6.78. The van der Waals surface area contributed by atoms with Crippen LogP contribution in [0.15, 0.2) is 35.7 Å². The first-order valence-electron chi connectivity index (χ1n) is 9.09. The van der Waals surface area contributed by atoms with Crippen molar-refractivity contribution in [2.75, 3.05) is 5.32 Å². The number of carbonyl (C=O) groups is 1. The van der Waals surface area contributed by atoms with Crippen LogP contribution < -0.4 is 10.1 Å². The fourth-order valence-corrected chi connectivity index (χ4v) is 3.73. The molecule has 1 aromatic carbocycles. The first-order valence-corrected chi connectivity index (χ1v) is 9.97. The van der Waals surface area contributed by atoms with Gasteiger partial charge in [-0.05, 0) is 61.9 Å². The molecule has 2 heterocycles. The van der Waals surface area contributed by atoms with Crippen molar-refractivity contribution < 1.29 is 9.53 Å². The molecule has 3 rings (SSSR count). The number of hydrogen-bond acceptors (Lipinski definition) is 4. The van der Waals surface area contributed by atoms with Gasteiger partial charge >= 0.3 is 0 Å². The standard InChI is InChI=1S/C21H25N3O2S/c1-5-6-24-16(4)10-20(23-24)22-21(25)19-11-17(13-27-19)12-26-18-8-14(2)7-15(3)9-18/h7-11,13H,5-6,12H2,1-4H3,(H,22,23,25). The number of amides is 1. The highest BCUT2D eigenvalue weighted by Crippen LogP contribution is 2.21. The summed E-state index contributed by atoms with van der Waals surface area (Å²) in [5.41, 5.74) is 4.37. The van der Waals surface area contributed by atoms with Crippen molar-refractivity contribution in [2.24, 2.45) is 0 Å². The summed E-state index contributed by atoms with van der Waals surface area (Å²) in [5, 5.41) is 9.26. The largest absolute Gasteiger partial charge is 0.489 e. The molecule has 27 heavy (non-hydrogen) atoms. The van der Waals surface area contributed by atoms with Gasteiger partial charge in [-0.1, -0.05) is 13.0 Å². The third-order valence-electron chi connectivity index (χ3n) is 4.14. The molecule has 6 heteroatoms. The predicted molar refractivity (Wildman–Crippen MR) is 110 cm³/mol. The van der Waals surface area contributed by atoms with Crippen LogP contribution >= 0.6 is 11.3 Å². The van der Waals surface area contributed by atoms with Crippen LogP contribution in [0.3, 0.4) is 0 Å². The Kier molecular flexibility index (Phi) is 5.96. The Bertz CT molecular complexity index is 923. The average Bonchev–Trinajstić information content (AvgIpc) is 3.20. The quantitative estimate of drug-likeness (QED) is 0.617. The number of carbonyl (C=O) groups excluding carboxylic acids is 1. The van der Waals surface area contributed by atoms with Crippen LogP contribution in [0.5, 0.6) is 5.75 Å². The monoisotopic (exact) mass is 383 g/mol. The number of aryl methyl sites for hydroxylation is 4. The molecular formula is C21H25N3O2S. The zero-order valence-corrected chi connectivity index (χ0v) is 17.0. The van der Waals surface area contributed by atoms with Crippen LogP contribution in [0.2, 0.25) is 0 Å². The summed E-state index contributed by atoms with van der Waals surface area (Å²) in [6.45, 7) is 9.49. The molecule has 142 valence electrons. The van der Waals surface area contributed by atoms with Crippen molar-refractivity contribution in [3.63, 3.8) is 0 Å². The first kappa shape index (κ1) is 19.2. The molecular weight excluding hydrogens is 358 g/mol. The van der Waals surface area contributed by atoms with Gasteiger partial charge in [0, 0.05) is 23.9 Å². The summed E-state index contributed by atoms with van der Waals surface area (Å²) >= 11 is 1.41. The van der Waals surface area contributed by atoms with Crippen LogP contribution in [-0.4, -0.2) is 15.7 Å². The van der Waals surface area contributed by atoms with Gasteiger partial charge in [0.1, 0.15) is 12.4 Å². The second-order valence-corrected chi connectivity index (χ2v) is 7.69. The minimum atomic E-state index is -0.140. The molecule has 3 aromatic rings. The van der Waals surface area contributed by atoms with Gasteiger partial charge in [-0.25, -0.2) is 0 Å². The Hall–Kier alpha value is -2.60. The van der Waals surface area contributed by atoms with E-state index in [0.29, 0.717) is 17.3 Å². The maximum atomic E-state index is 12.5. The molecule has 0 saturated heterocycles. The molecule has 2 aromatic heterocycles. The highest BCUT2D eigenvalue weighted by Gasteiger charge is 2.12. The number of nitrogens with one attached hydrogen (secondary N) is 1. The SMILES string of the molecule is CCCn1nc(NC(=O)c2cc(COc3cc(C)cc(C)c3)cs2)cc1C. The van der Waals surface area contributed by atoms with Crippen LogP contribution in [0.1, 0.15) is 45.4 Å². The lowest BCUT2D eigenvalue weighted by Gasteiger charge is -2.07. The molecule has 0 unspecified atom stereocenters. The van der Waals surface area contributed by atoms with E-state index >= 15 is 0 Å². The molecule has 0 aliphatic carbocycles. The summed E-state index contributed by atoms with van der Waals surface area (Å²) in [4.78, 5) is 13.1. The molecule has 1 N–H and O–H groups in total. The normalized spacial score (nSPS) is 10.8. The van der Waals surface area contributed by atoms with Gasteiger partial charge in [-0.3, -0.25) is 9.48 Å². The second kappa shape index (κ2) is 8.39. The molecule has 1 amide bonds. The fourth-order valence-electron chi connectivity index (χ4n) is 2.94. The van der Waals surface area contributed by atoms with Crippen molar-refractivity contribution in [3.8, 4) is 5.75 Å². The van der Waals surface area contributed by atoms with Crippen molar-refractivity contribution in [2.45, 2.75) is 47.3 Å². The lowest BCUT2D eigenvalue weighted by Crippen LogP contribution is -2.11. The molecule has 0 aliphatic rings. The lowest BCUT2D eigenvalue weighted by atomic mass is 10.1. The Balaban J connectivity index is 1.61. The number of hydrogen-bond donors (Lipinski definition) is 1. The highest BCUT2D eigenvalue weighted by atomic mass is 32.1. The van der Waals surface area contributed by atoms with E-state index < -0.39 is 0 Å². The summed E-state index contributed by atoms with van der Waals surface area (Å²) in [6, 6.07) is 9.91. The Morgan fingerprint density at radius 3 is 2.59 bits per heavy atom. The maximum Gasteiger partial charge on any atom is 0.266 e. The lowest BCUT2D eigenvalue weighted by molar-refractivity contribution is 0.103. The number of benzene rings is 1. The molecule has 0 atom stereocenters. The van der Waals surface area contributed by atoms with Gasteiger partial charge in [0.15, 0.2) is 5.82 Å². The number of rotatable bonds is 7. The Labute approximate surface area is 164 Å². The van der Waals surface area contributed by atoms with Gasteiger partial charge in [0.2, 0.25) is 0 Å².